The Balaban J connectivity index is 2.00. The number of rotatable bonds is 4. The van der Waals surface area contributed by atoms with Gasteiger partial charge in [-0.1, -0.05) is 0 Å². The van der Waals surface area contributed by atoms with E-state index in [1.165, 1.54) is 4.68 Å². The first kappa shape index (κ1) is 15.7. The largest absolute Gasteiger partial charge is 0.305 e. The van der Waals surface area contributed by atoms with Crippen LogP contribution < -0.4 is 5.32 Å². The standard InChI is InChI=1S/C16H17N7O/c1-4-23-15-14(11(3)20-23)12(9-10(2)18-15)16(24)19-13-5-7-22(21-13)8-6-17/h5,7,9H,4,8H2,1-3H3,(H,19,21,24). The summed E-state index contributed by atoms with van der Waals surface area (Å²) in [5.41, 5.74) is 2.73. The lowest BCUT2D eigenvalue weighted by Gasteiger charge is -2.06. The van der Waals surface area contributed by atoms with Gasteiger partial charge in [-0.05, 0) is 26.8 Å². The maximum absolute atomic E-state index is 12.7. The molecule has 3 heterocycles. The predicted molar refractivity (Wildman–Crippen MR) is 88.5 cm³/mol. The molecule has 0 bridgehead atoms. The van der Waals surface area contributed by atoms with Crippen molar-refractivity contribution in [1.82, 2.24) is 24.5 Å². The maximum atomic E-state index is 12.7. The molecule has 3 aromatic rings. The number of carbonyl (C=O) groups excluding carboxylic acids is 1. The fraction of sp³-hybridized carbons (Fsp3) is 0.312. The number of aromatic nitrogens is 5. The minimum absolute atomic E-state index is 0.136. The smallest absolute Gasteiger partial charge is 0.257 e. The molecule has 24 heavy (non-hydrogen) atoms. The summed E-state index contributed by atoms with van der Waals surface area (Å²) in [7, 11) is 0. The van der Waals surface area contributed by atoms with Gasteiger partial charge in [-0.25, -0.2) is 9.67 Å². The van der Waals surface area contributed by atoms with Crippen LogP contribution in [0.5, 0.6) is 0 Å². The molecule has 0 spiro atoms. The molecule has 0 saturated heterocycles. The second-order valence-corrected chi connectivity index (χ2v) is 5.42. The fourth-order valence-corrected chi connectivity index (χ4v) is 2.65. The van der Waals surface area contributed by atoms with E-state index in [9.17, 15) is 4.79 Å². The van der Waals surface area contributed by atoms with Crippen molar-refractivity contribution < 1.29 is 4.79 Å². The average molecular weight is 323 g/mol. The Bertz CT molecular complexity index is 961. The number of aryl methyl sites for hydroxylation is 3. The number of nitrogens with zero attached hydrogens (tertiary/aromatic N) is 6. The Morgan fingerprint density at radius 3 is 2.88 bits per heavy atom. The Hall–Kier alpha value is -3.21. The van der Waals surface area contributed by atoms with E-state index in [0.29, 0.717) is 23.6 Å². The van der Waals surface area contributed by atoms with Crippen LogP contribution in [0.2, 0.25) is 0 Å². The van der Waals surface area contributed by atoms with Gasteiger partial charge in [0, 0.05) is 24.5 Å². The van der Waals surface area contributed by atoms with E-state index in [4.69, 9.17) is 5.26 Å². The van der Waals surface area contributed by atoms with Crippen LogP contribution in [0.15, 0.2) is 18.3 Å². The molecule has 0 unspecified atom stereocenters. The molecule has 0 atom stereocenters. The Kier molecular flexibility index (Phi) is 4.00. The second kappa shape index (κ2) is 6.12. The van der Waals surface area contributed by atoms with E-state index in [0.717, 1.165) is 16.8 Å². The summed E-state index contributed by atoms with van der Waals surface area (Å²) < 4.78 is 3.25. The summed E-state index contributed by atoms with van der Waals surface area (Å²) in [5.74, 6) is 0.130. The highest BCUT2D eigenvalue weighted by Gasteiger charge is 2.19. The zero-order valence-electron chi connectivity index (χ0n) is 13.7. The molecule has 0 aliphatic rings. The highest BCUT2D eigenvalue weighted by atomic mass is 16.1. The van der Waals surface area contributed by atoms with Gasteiger partial charge in [0.05, 0.1) is 22.7 Å². The lowest BCUT2D eigenvalue weighted by atomic mass is 10.1. The molecule has 0 saturated carbocycles. The van der Waals surface area contributed by atoms with Crippen molar-refractivity contribution in [3.8, 4) is 6.07 Å². The maximum Gasteiger partial charge on any atom is 0.257 e. The van der Waals surface area contributed by atoms with Crippen LogP contribution in [-0.4, -0.2) is 30.5 Å². The van der Waals surface area contributed by atoms with Crippen LogP contribution in [0.1, 0.15) is 28.7 Å². The predicted octanol–water partition coefficient (Wildman–Crippen LogP) is 2.04. The van der Waals surface area contributed by atoms with Crippen molar-refractivity contribution in [3.63, 3.8) is 0 Å². The Morgan fingerprint density at radius 1 is 1.38 bits per heavy atom. The molecule has 0 radical (unpaired) electrons. The van der Waals surface area contributed by atoms with E-state index in [1.807, 2.05) is 26.8 Å². The zero-order chi connectivity index (χ0) is 17.3. The third-order valence-corrected chi connectivity index (χ3v) is 3.66. The van der Waals surface area contributed by atoms with Gasteiger partial charge in [0.15, 0.2) is 11.5 Å². The Morgan fingerprint density at radius 2 is 2.17 bits per heavy atom. The quantitative estimate of drug-likeness (QED) is 0.791. The summed E-state index contributed by atoms with van der Waals surface area (Å²) in [6.45, 7) is 6.51. The van der Waals surface area contributed by atoms with Crippen LogP contribution in [0.4, 0.5) is 5.82 Å². The van der Waals surface area contributed by atoms with Gasteiger partial charge >= 0.3 is 0 Å². The molecule has 0 aromatic carbocycles. The van der Waals surface area contributed by atoms with Gasteiger partial charge in [0.25, 0.3) is 5.91 Å². The number of amides is 1. The van der Waals surface area contributed by atoms with Crippen LogP contribution >= 0.6 is 0 Å². The monoisotopic (exact) mass is 323 g/mol. The minimum Gasteiger partial charge on any atom is -0.305 e. The highest BCUT2D eigenvalue weighted by Crippen LogP contribution is 2.23. The topological polar surface area (TPSA) is 101 Å². The number of hydrogen-bond acceptors (Lipinski definition) is 5. The SMILES string of the molecule is CCn1nc(C)c2c(C(=O)Nc3ccn(CC#N)n3)cc(C)nc21. The molecule has 3 rings (SSSR count). The molecule has 1 amide bonds. The van der Waals surface area contributed by atoms with Gasteiger partial charge in [-0.15, -0.1) is 0 Å². The van der Waals surface area contributed by atoms with E-state index in [2.05, 4.69) is 20.5 Å². The molecule has 1 N–H and O–H groups in total. The number of pyridine rings is 1. The first-order chi connectivity index (χ1) is 11.5. The van der Waals surface area contributed by atoms with Crippen molar-refractivity contribution >= 4 is 22.8 Å². The molecular formula is C16H17N7O. The van der Waals surface area contributed by atoms with Gasteiger partial charge in [-0.3, -0.25) is 9.48 Å². The van der Waals surface area contributed by atoms with Crippen LogP contribution in [0, 0.1) is 25.2 Å². The zero-order valence-corrected chi connectivity index (χ0v) is 13.7. The molecule has 8 heteroatoms. The molecule has 8 nitrogen and oxygen atoms in total. The minimum atomic E-state index is -0.272. The average Bonchev–Trinajstić information content (AvgIpc) is 3.11. The number of fused-ring (bicyclic) bond motifs is 1. The third kappa shape index (κ3) is 2.72. The summed E-state index contributed by atoms with van der Waals surface area (Å²) in [6, 6.07) is 5.40. The van der Waals surface area contributed by atoms with Crippen molar-refractivity contribution in [2.75, 3.05) is 5.32 Å². The van der Waals surface area contributed by atoms with Gasteiger partial charge < -0.3 is 5.32 Å². The second-order valence-electron chi connectivity index (χ2n) is 5.42. The van der Waals surface area contributed by atoms with Crippen molar-refractivity contribution in [2.24, 2.45) is 0 Å². The van der Waals surface area contributed by atoms with Crippen LogP contribution in [0.3, 0.4) is 0 Å². The molecule has 0 aliphatic heterocycles. The number of nitrogens with one attached hydrogen (secondary N) is 1. The van der Waals surface area contributed by atoms with Crippen LogP contribution in [0.25, 0.3) is 11.0 Å². The summed E-state index contributed by atoms with van der Waals surface area (Å²) in [6.07, 6.45) is 1.65. The number of nitriles is 1. The number of carbonyl (C=O) groups is 1. The Labute approximate surface area is 138 Å². The summed E-state index contributed by atoms with van der Waals surface area (Å²) in [4.78, 5) is 17.2. The molecule has 3 aromatic heterocycles. The third-order valence-electron chi connectivity index (χ3n) is 3.66. The molecule has 0 aliphatic carbocycles. The van der Waals surface area contributed by atoms with E-state index < -0.39 is 0 Å². The number of anilines is 1. The lowest BCUT2D eigenvalue weighted by molar-refractivity contribution is 0.102. The summed E-state index contributed by atoms with van der Waals surface area (Å²) in [5, 5.41) is 20.8. The fourth-order valence-electron chi connectivity index (χ4n) is 2.65. The highest BCUT2D eigenvalue weighted by molar-refractivity contribution is 6.12. The first-order valence-electron chi connectivity index (χ1n) is 7.60. The van der Waals surface area contributed by atoms with Crippen molar-refractivity contribution in [3.05, 3.63) is 35.3 Å². The van der Waals surface area contributed by atoms with Crippen molar-refractivity contribution in [2.45, 2.75) is 33.9 Å². The molecular weight excluding hydrogens is 306 g/mol. The van der Waals surface area contributed by atoms with E-state index in [1.54, 1.807) is 23.0 Å². The van der Waals surface area contributed by atoms with Gasteiger partial charge in [0.1, 0.15) is 6.54 Å². The number of hydrogen-bond donors (Lipinski definition) is 1. The van der Waals surface area contributed by atoms with E-state index in [-0.39, 0.29) is 12.5 Å². The van der Waals surface area contributed by atoms with Crippen LogP contribution in [-0.2, 0) is 13.1 Å². The van der Waals surface area contributed by atoms with E-state index >= 15 is 0 Å². The molecule has 0 fully saturated rings. The molecule has 122 valence electrons. The van der Waals surface area contributed by atoms with Gasteiger partial charge in [-0.2, -0.15) is 15.5 Å². The van der Waals surface area contributed by atoms with Gasteiger partial charge in [0.2, 0.25) is 0 Å². The van der Waals surface area contributed by atoms with Crippen molar-refractivity contribution in [1.29, 1.82) is 5.26 Å². The lowest BCUT2D eigenvalue weighted by Crippen LogP contribution is -2.14. The normalized spacial score (nSPS) is 10.8. The first-order valence-corrected chi connectivity index (χ1v) is 7.60. The summed E-state index contributed by atoms with van der Waals surface area (Å²) >= 11 is 0.